The van der Waals surface area contributed by atoms with Crippen LogP contribution in [-0.4, -0.2) is 19.5 Å². The molecule has 0 saturated carbocycles. The molecule has 0 aliphatic carbocycles. The van der Waals surface area contributed by atoms with E-state index in [2.05, 4.69) is 29.7 Å². The molecule has 1 atom stereocenters. The van der Waals surface area contributed by atoms with Gasteiger partial charge in [-0.15, -0.1) is 11.3 Å². The van der Waals surface area contributed by atoms with E-state index in [1.165, 1.54) is 9.75 Å². The van der Waals surface area contributed by atoms with E-state index in [0.717, 1.165) is 6.54 Å². The van der Waals surface area contributed by atoms with E-state index < -0.39 is 0 Å². The Morgan fingerprint density at radius 1 is 1.53 bits per heavy atom. The zero-order chi connectivity index (χ0) is 11.3. The summed E-state index contributed by atoms with van der Waals surface area (Å²) in [5.74, 6) is 0.0999. The van der Waals surface area contributed by atoms with Crippen LogP contribution in [0.1, 0.15) is 29.1 Å². The fourth-order valence-electron chi connectivity index (χ4n) is 1.31. The van der Waals surface area contributed by atoms with E-state index in [1.54, 1.807) is 11.3 Å². The van der Waals surface area contributed by atoms with Crippen molar-refractivity contribution in [3.63, 3.8) is 0 Å². The third-order valence-corrected chi connectivity index (χ3v) is 3.35. The topological polar surface area (TPSA) is 41.1 Å². The first-order valence-corrected chi connectivity index (χ1v) is 5.95. The molecule has 3 nitrogen and oxygen atoms in total. The molecule has 1 amide bonds. The number of nitrogens with one attached hydrogen (secondary N) is 2. The van der Waals surface area contributed by atoms with Gasteiger partial charge in [0.05, 0.1) is 6.04 Å². The lowest BCUT2D eigenvalue weighted by atomic mass is 10.2. The van der Waals surface area contributed by atoms with Crippen LogP contribution in [0.3, 0.4) is 0 Å². The number of carbonyl (C=O) groups is 1. The number of rotatable bonds is 5. The Morgan fingerprint density at radius 2 is 2.27 bits per heavy atom. The molecule has 0 saturated heterocycles. The predicted octanol–water partition coefficient (Wildman–Crippen LogP) is 1.84. The van der Waals surface area contributed by atoms with Crippen LogP contribution >= 0.6 is 11.3 Å². The van der Waals surface area contributed by atoms with Crippen molar-refractivity contribution in [1.82, 2.24) is 10.6 Å². The van der Waals surface area contributed by atoms with Crippen LogP contribution in [-0.2, 0) is 4.79 Å². The van der Waals surface area contributed by atoms with Gasteiger partial charge < -0.3 is 10.6 Å². The van der Waals surface area contributed by atoms with Crippen molar-refractivity contribution in [1.29, 1.82) is 0 Å². The summed E-state index contributed by atoms with van der Waals surface area (Å²) in [6.07, 6.45) is 0.533. The molecule has 1 unspecified atom stereocenters. The van der Waals surface area contributed by atoms with Gasteiger partial charge in [0.1, 0.15) is 0 Å². The van der Waals surface area contributed by atoms with Crippen molar-refractivity contribution in [2.45, 2.75) is 26.3 Å². The van der Waals surface area contributed by atoms with Crippen LogP contribution in [0.2, 0.25) is 0 Å². The summed E-state index contributed by atoms with van der Waals surface area (Å²) in [4.78, 5) is 13.9. The minimum atomic E-state index is 0.0999. The van der Waals surface area contributed by atoms with Gasteiger partial charge in [-0.3, -0.25) is 4.79 Å². The number of carbonyl (C=O) groups excluding carboxylic acids is 1. The minimum Gasteiger partial charge on any atom is -0.349 e. The molecule has 0 radical (unpaired) electrons. The standard InChI is InChI=1S/C11H18N2OS/c1-8-4-5-10(15-8)9(2)13-11(14)6-7-12-3/h4-5,9,12H,6-7H2,1-3H3,(H,13,14). The Bertz CT molecular complexity index is 322. The molecule has 1 heterocycles. The summed E-state index contributed by atoms with van der Waals surface area (Å²) in [5.41, 5.74) is 0. The summed E-state index contributed by atoms with van der Waals surface area (Å²) < 4.78 is 0. The first kappa shape index (κ1) is 12.2. The maximum atomic E-state index is 11.4. The fourth-order valence-corrected chi connectivity index (χ4v) is 2.19. The van der Waals surface area contributed by atoms with E-state index >= 15 is 0 Å². The lowest BCUT2D eigenvalue weighted by Crippen LogP contribution is -2.28. The van der Waals surface area contributed by atoms with Gasteiger partial charge in [-0.25, -0.2) is 0 Å². The molecule has 0 fully saturated rings. The van der Waals surface area contributed by atoms with Crippen LogP contribution in [0.25, 0.3) is 0 Å². The molecule has 0 aliphatic rings. The summed E-state index contributed by atoms with van der Waals surface area (Å²) in [7, 11) is 1.85. The van der Waals surface area contributed by atoms with Gasteiger partial charge in [-0.05, 0) is 33.0 Å². The number of aryl methyl sites for hydroxylation is 1. The monoisotopic (exact) mass is 226 g/mol. The largest absolute Gasteiger partial charge is 0.349 e. The highest BCUT2D eigenvalue weighted by molar-refractivity contribution is 7.12. The zero-order valence-electron chi connectivity index (χ0n) is 9.46. The Kier molecular flexibility index (Phi) is 4.78. The van der Waals surface area contributed by atoms with Crippen LogP contribution in [0.15, 0.2) is 12.1 Å². The van der Waals surface area contributed by atoms with Crippen molar-refractivity contribution >= 4 is 17.2 Å². The Morgan fingerprint density at radius 3 is 2.80 bits per heavy atom. The second-order valence-corrected chi connectivity index (χ2v) is 4.91. The summed E-state index contributed by atoms with van der Waals surface area (Å²) in [6, 6.07) is 4.27. The van der Waals surface area contributed by atoms with E-state index in [-0.39, 0.29) is 11.9 Å². The Hall–Kier alpha value is -0.870. The predicted molar refractivity (Wildman–Crippen MR) is 64.2 cm³/mol. The molecular weight excluding hydrogens is 208 g/mol. The summed E-state index contributed by atoms with van der Waals surface area (Å²) >= 11 is 1.73. The lowest BCUT2D eigenvalue weighted by Gasteiger charge is -2.11. The summed E-state index contributed by atoms with van der Waals surface area (Å²) in [5, 5.41) is 5.93. The van der Waals surface area contributed by atoms with Gasteiger partial charge in [0.25, 0.3) is 0 Å². The van der Waals surface area contributed by atoms with Gasteiger partial charge >= 0.3 is 0 Å². The van der Waals surface area contributed by atoms with E-state index in [1.807, 2.05) is 14.0 Å². The quantitative estimate of drug-likeness (QED) is 0.804. The number of amides is 1. The van der Waals surface area contributed by atoms with Crippen molar-refractivity contribution in [3.8, 4) is 0 Å². The minimum absolute atomic E-state index is 0.0999. The van der Waals surface area contributed by atoms with Gasteiger partial charge in [0, 0.05) is 22.7 Å². The first-order chi connectivity index (χ1) is 7.13. The molecule has 1 rings (SSSR count). The number of hydrogen-bond acceptors (Lipinski definition) is 3. The first-order valence-electron chi connectivity index (χ1n) is 5.13. The van der Waals surface area contributed by atoms with Crippen LogP contribution in [0, 0.1) is 6.92 Å². The third kappa shape index (κ3) is 4.01. The van der Waals surface area contributed by atoms with Crippen LogP contribution < -0.4 is 10.6 Å². The highest BCUT2D eigenvalue weighted by atomic mass is 32.1. The van der Waals surface area contributed by atoms with E-state index in [4.69, 9.17) is 0 Å². The molecule has 0 spiro atoms. The normalized spacial score (nSPS) is 12.5. The van der Waals surface area contributed by atoms with Gasteiger partial charge in [0.15, 0.2) is 0 Å². The van der Waals surface area contributed by atoms with Gasteiger partial charge in [0.2, 0.25) is 5.91 Å². The maximum absolute atomic E-state index is 11.4. The second-order valence-electron chi connectivity index (χ2n) is 3.59. The number of hydrogen-bond donors (Lipinski definition) is 2. The Labute approximate surface area is 94.9 Å². The second kappa shape index (κ2) is 5.88. The van der Waals surface area contributed by atoms with E-state index in [0.29, 0.717) is 6.42 Å². The van der Waals surface area contributed by atoms with Crippen molar-refractivity contribution in [2.24, 2.45) is 0 Å². The zero-order valence-corrected chi connectivity index (χ0v) is 10.3. The van der Waals surface area contributed by atoms with Crippen molar-refractivity contribution in [2.75, 3.05) is 13.6 Å². The molecule has 15 heavy (non-hydrogen) atoms. The van der Waals surface area contributed by atoms with Crippen molar-refractivity contribution < 1.29 is 4.79 Å². The molecule has 4 heteroatoms. The average Bonchev–Trinajstić information content (AvgIpc) is 2.61. The molecule has 0 bridgehead atoms. The fraction of sp³-hybridized carbons (Fsp3) is 0.545. The van der Waals surface area contributed by atoms with Gasteiger partial charge in [-0.2, -0.15) is 0 Å². The molecule has 0 aliphatic heterocycles. The molecule has 1 aromatic rings. The smallest absolute Gasteiger partial charge is 0.221 e. The highest BCUT2D eigenvalue weighted by Crippen LogP contribution is 2.22. The molecular formula is C11H18N2OS. The molecule has 84 valence electrons. The van der Waals surface area contributed by atoms with Crippen LogP contribution in [0.4, 0.5) is 0 Å². The maximum Gasteiger partial charge on any atom is 0.221 e. The van der Waals surface area contributed by atoms with Crippen molar-refractivity contribution in [3.05, 3.63) is 21.9 Å². The summed E-state index contributed by atoms with van der Waals surface area (Å²) in [6.45, 7) is 4.81. The third-order valence-electron chi connectivity index (χ3n) is 2.17. The van der Waals surface area contributed by atoms with E-state index in [9.17, 15) is 4.79 Å². The lowest BCUT2D eigenvalue weighted by molar-refractivity contribution is -0.121. The highest BCUT2D eigenvalue weighted by Gasteiger charge is 2.10. The molecule has 1 aromatic heterocycles. The average molecular weight is 226 g/mol. The molecule has 2 N–H and O–H groups in total. The molecule has 0 aromatic carbocycles. The Balaban J connectivity index is 2.41. The van der Waals surface area contributed by atoms with Crippen LogP contribution in [0.5, 0.6) is 0 Å². The van der Waals surface area contributed by atoms with Gasteiger partial charge in [-0.1, -0.05) is 0 Å². The number of thiophene rings is 1. The SMILES string of the molecule is CNCCC(=O)NC(C)c1ccc(C)s1.